The first-order valence-corrected chi connectivity index (χ1v) is 40.8. The molecule has 0 aliphatic carbocycles. The summed E-state index contributed by atoms with van der Waals surface area (Å²) in [5, 5.41) is 10.6. The highest BCUT2D eigenvalue weighted by Gasteiger charge is 2.30. The van der Waals surface area contributed by atoms with Crippen LogP contribution in [0.5, 0.6) is 0 Å². The number of carbonyl (C=O) groups is 4. The van der Waals surface area contributed by atoms with Crippen LogP contribution in [0.2, 0.25) is 0 Å². The lowest BCUT2D eigenvalue weighted by atomic mass is 10.1. The molecular weight excluding hydrogens is 1280 g/mol. The van der Waals surface area contributed by atoms with E-state index in [1.807, 2.05) is 12.2 Å². The predicted octanol–water partition coefficient (Wildman–Crippen LogP) is 21.6. The first-order valence-electron chi connectivity index (χ1n) is 37.8. The van der Waals surface area contributed by atoms with Gasteiger partial charge in [-0.2, -0.15) is 0 Å². The minimum atomic E-state index is -4.99. The minimum Gasteiger partial charge on any atom is -0.462 e. The Labute approximate surface area is 593 Å². The monoisotopic (exact) mass is 1420 g/mol. The Hall–Kier alpha value is -4.54. The molecule has 0 saturated carbocycles. The number of rotatable bonds is 70. The fourth-order valence-electron chi connectivity index (χ4n) is 9.66. The SMILES string of the molecule is CC/C=C\C/C=C\C/C=C\C/C=C\C/C=C\CCCC(=O)OCC(COP(=O)(O)OCC(O)COP(=O)(O)OCC(COC(=O)CCCCCCC/C=C\C/C=C\C/C=C\CC)OC(=O)CCCCCCC/C=C\CCCCCCCC)OC(=O)CCCCCCC/C=C\CCCC. The first kappa shape index (κ1) is 93.5. The number of ether oxygens (including phenoxy) is 4. The second-order valence-corrected chi connectivity index (χ2v) is 27.7. The van der Waals surface area contributed by atoms with Crippen molar-refractivity contribution in [2.24, 2.45) is 0 Å². The highest BCUT2D eigenvalue weighted by molar-refractivity contribution is 7.47. The van der Waals surface area contributed by atoms with E-state index in [0.29, 0.717) is 32.1 Å². The summed E-state index contributed by atoms with van der Waals surface area (Å²) in [5.41, 5.74) is 0. The highest BCUT2D eigenvalue weighted by atomic mass is 31.2. The van der Waals surface area contributed by atoms with E-state index >= 15 is 0 Å². The summed E-state index contributed by atoms with van der Waals surface area (Å²) in [6, 6.07) is 0. The second-order valence-electron chi connectivity index (χ2n) is 24.8. The molecule has 0 amide bonds. The Morgan fingerprint density at radius 3 is 0.898 bits per heavy atom. The van der Waals surface area contributed by atoms with Gasteiger partial charge in [0.2, 0.25) is 0 Å². The zero-order valence-corrected chi connectivity index (χ0v) is 63.0. The number of hydrogen-bond acceptors (Lipinski definition) is 15. The molecule has 5 unspecified atom stereocenters. The van der Waals surface area contributed by atoms with E-state index in [1.54, 1.807) is 0 Å². The van der Waals surface area contributed by atoms with E-state index in [-0.39, 0.29) is 25.7 Å². The maximum atomic E-state index is 13.1. The lowest BCUT2D eigenvalue weighted by Crippen LogP contribution is -2.30. The van der Waals surface area contributed by atoms with Crippen molar-refractivity contribution in [3.8, 4) is 0 Å². The van der Waals surface area contributed by atoms with Gasteiger partial charge in [0.25, 0.3) is 0 Å². The lowest BCUT2D eigenvalue weighted by Gasteiger charge is -2.21. The van der Waals surface area contributed by atoms with Crippen molar-refractivity contribution in [1.29, 1.82) is 0 Å². The fourth-order valence-corrected chi connectivity index (χ4v) is 11.2. The first-order chi connectivity index (χ1) is 47.7. The Kier molecular flexibility index (Phi) is 67.6. The number of phosphoric ester groups is 2. The van der Waals surface area contributed by atoms with Crippen LogP contribution >= 0.6 is 15.6 Å². The summed E-state index contributed by atoms with van der Waals surface area (Å²) in [6.07, 6.45) is 76.3. The van der Waals surface area contributed by atoms with Crippen molar-refractivity contribution >= 4 is 39.5 Å². The zero-order valence-electron chi connectivity index (χ0n) is 61.2. The Balaban J connectivity index is 5.39. The van der Waals surface area contributed by atoms with Crippen molar-refractivity contribution in [2.75, 3.05) is 39.6 Å². The summed E-state index contributed by atoms with van der Waals surface area (Å²) in [7, 11) is -9.97. The Morgan fingerprint density at radius 1 is 0.296 bits per heavy atom. The summed E-state index contributed by atoms with van der Waals surface area (Å²) in [6.45, 7) is 4.50. The molecular formula is C79H134O17P2. The molecule has 5 atom stereocenters. The number of phosphoric acid groups is 2. The van der Waals surface area contributed by atoms with Gasteiger partial charge in [-0.3, -0.25) is 37.3 Å². The molecule has 19 heteroatoms. The summed E-state index contributed by atoms with van der Waals surface area (Å²) in [4.78, 5) is 72.8. The highest BCUT2D eigenvalue weighted by Crippen LogP contribution is 2.45. The van der Waals surface area contributed by atoms with Crippen LogP contribution in [-0.4, -0.2) is 96.7 Å². The minimum absolute atomic E-state index is 0.0697. The van der Waals surface area contributed by atoms with Crippen molar-refractivity contribution in [3.05, 3.63) is 122 Å². The molecule has 0 bridgehead atoms. The van der Waals surface area contributed by atoms with Gasteiger partial charge in [-0.05, 0) is 141 Å². The van der Waals surface area contributed by atoms with Crippen LogP contribution < -0.4 is 0 Å². The van der Waals surface area contributed by atoms with Gasteiger partial charge in [-0.15, -0.1) is 0 Å². The normalized spacial score (nSPS) is 14.6. The van der Waals surface area contributed by atoms with Crippen LogP contribution in [0.4, 0.5) is 0 Å². The number of carbonyl (C=O) groups excluding carboxylic acids is 4. The number of unbranched alkanes of at least 4 members (excludes halogenated alkanes) is 24. The standard InChI is InChI=1S/C79H134O17P2/c1-5-9-13-17-21-25-29-32-35-36-39-41-45-48-52-56-60-64-77(82)89-69-74(95-78(83)65-61-57-53-49-43-28-24-20-16-12-8-4)71-93-97(85,86)91-67-73(80)68-92-98(87,88)94-72-75(96-79(84)66-62-58-54-50-46-42-38-34-31-27-23-19-15-11-7-3)70-90-76(81)63-59-55-51-47-44-40-37-33-30-26-22-18-14-10-6-2/h9-10,13-14,20-22,24-26,32-35,37-39,41,48,52,73-75,80H,5-8,11-12,15-19,23,27-31,36,40,42-47,49-51,53-72H2,1-4H3,(H,85,86)(H,87,88)/b13-9-,14-10-,24-20-,25-21-,26-22-,35-32-,37-33-,38-34-,41-39-,52-48-. The number of allylic oxidation sites excluding steroid dienone is 20. The average Bonchev–Trinajstić information content (AvgIpc) is 0.986. The van der Waals surface area contributed by atoms with E-state index in [0.717, 1.165) is 161 Å². The van der Waals surface area contributed by atoms with Gasteiger partial charge in [0.1, 0.15) is 19.3 Å². The molecule has 0 spiro atoms. The molecule has 0 fully saturated rings. The van der Waals surface area contributed by atoms with Gasteiger partial charge in [0.05, 0.1) is 26.4 Å². The van der Waals surface area contributed by atoms with Gasteiger partial charge in [-0.1, -0.05) is 252 Å². The van der Waals surface area contributed by atoms with E-state index < -0.39 is 97.5 Å². The van der Waals surface area contributed by atoms with Crippen LogP contribution in [0.3, 0.4) is 0 Å². The zero-order chi connectivity index (χ0) is 71.8. The number of esters is 4. The molecule has 0 radical (unpaired) electrons. The van der Waals surface area contributed by atoms with Crippen molar-refractivity contribution < 1.29 is 80.2 Å². The molecule has 562 valence electrons. The molecule has 0 aromatic rings. The maximum Gasteiger partial charge on any atom is 0.472 e. The van der Waals surface area contributed by atoms with Crippen LogP contribution in [0.1, 0.15) is 297 Å². The molecule has 0 rings (SSSR count). The predicted molar refractivity (Wildman–Crippen MR) is 399 cm³/mol. The third-order valence-electron chi connectivity index (χ3n) is 15.4. The van der Waals surface area contributed by atoms with Crippen molar-refractivity contribution in [1.82, 2.24) is 0 Å². The average molecular weight is 1420 g/mol. The quantitative estimate of drug-likeness (QED) is 0.0169. The summed E-state index contributed by atoms with van der Waals surface area (Å²) >= 11 is 0. The summed E-state index contributed by atoms with van der Waals surface area (Å²) < 4.78 is 68.3. The molecule has 0 aromatic carbocycles. The third-order valence-corrected chi connectivity index (χ3v) is 17.3. The molecule has 0 heterocycles. The number of hydrogen-bond donors (Lipinski definition) is 3. The van der Waals surface area contributed by atoms with Crippen LogP contribution in [0.25, 0.3) is 0 Å². The molecule has 98 heavy (non-hydrogen) atoms. The maximum absolute atomic E-state index is 13.1. The van der Waals surface area contributed by atoms with Gasteiger partial charge in [0.15, 0.2) is 12.2 Å². The van der Waals surface area contributed by atoms with Gasteiger partial charge in [-0.25, -0.2) is 9.13 Å². The molecule has 0 saturated heterocycles. The van der Waals surface area contributed by atoms with Gasteiger partial charge >= 0.3 is 39.5 Å². The van der Waals surface area contributed by atoms with Gasteiger partial charge < -0.3 is 33.8 Å². The lowest BCUT2D eigenvalue weighted by molar-refractivity contribution is -0.161. The molecule has 17 nitrogen and oxygen atoms in total. The van der Waals surface area contributed by atoms with E-state index in [2.05, 4.69) is 137 Å². The second kappa shape index (κ2) is 70.9. The fraction of sp³-hybridized carbons (Fsp3) is 0.696. The molecule has 0 aromatic heterocycles. The molecule has 0 aliphatic heterocycles. The third kappa shape index (κ3) is 69.9. The Bertz CT molecular complexity index is 2340. The molecule has 0 aliphatic rings. The molecule has 3 N–H and O–H groups in total. The Morgan fingerprint density at radius 2 is 0.551 bits per heavy atom. The van der Waals surface area contributed by atoms with Crippen molar-refractivity contribution in [2.45, 2.75) is 316 Å². The largest absolute Gasteiger partial charge is 0.472 e. The van der Waals surface area contributed by atoms with E-state index in [9.17, 15) is 43.2 Å². The smallest absolute Gasteiger partial charge is 0.462 e. The van der Waals surface area contributed by atoms with Crippen LogP contribution in [0, 0.1) is 0 Å². The van der Waals surface area contributed by atoms with E-state index in [4.69, 9.17) is 37.0 Å². The number of aliphatic hydroxyl groups excluding tert-OH is 1. The van der Waals surface area contributed by atoms with E-state index in [1.165, 1.54) is 51.4 Å². The van der Waals surface area contributed by atoms with Crippen LogP contribution in [-0.2, 0) is 65.4 Å². The number of aliphatic hydroxyl groups is 1. The van der Waals surface area contributed by atoms with Crippen LogP contribution in [0.15, 0.2) is 122 Å². The van der Waals surface area contributed by atoms with Gasteiger partial charge in [0, 0.05) is 25.7 Å². The topological polar surface area (TPSA) is 237 Å². The summed E-state index contributed by atoms with van der Waals surface area (Å²) in [5.74, 6) is -2.28. The van der Waals surface area contributed by atoms with Crippen molar-refractivity contribution in [3.63, 3.8) is 0 Å².